The summed E-state index contributed by atoms with van der Waals surface area (Å²) >= 11 is 0. The summed E-state index contributed by atoms with van der Waals surface area (Å²) in [6, 6.07) is 6.51. The normalized spacial score (nSPS) is 16.4. The number of aromatic amines is 1. The largest absolute Gasteiger partial charge is 0.366 e. The van der Waals surface area contributed by atoms with Crippen LogP contribution in [-0.4, -0.2) is 24.1 Å². The molecule has 0 aliphatic heterocycles. The van der Waals surface area contributed by atoms with E-state index in [4.69, 9.17) is 0 Å². The number of hydrogen-bond donors (Lipinski definition) is 2. The zero-order chi connectivity index (χ0) is 18.9. The first-order valence-corrected chi connectivity index (χ1v) is 10.1. The monoisotopic (exact) mass is 374 g/mol. The average Bonchev–Trinajstić information content (AvgIpc) is 3.10. The summed E-state index contributed by atoms with van der Waals surface area (Å²) < 4.78 is 25.5. The number of aromatic nitrogens is 1. The van der Waals surface area contributed by atoms with Crippen molar-refractivity contribution in [3.05, 3.63) is 58.0 Å². The zero-order valence-electron chi connectivity index (χ0n) is 14.8. The van der Waals surface area contributed by atoms with E-state index in [-0.39, 0.29) is 28.9 Å². The van der Waals surface area contributed by atoms with Gasteiger partial charge in [0.1, 0.15) is 5.69 Å². The number of sulfone groups is 1. The van der Waals surface area contributed by atoms with Gasteiger partial charge in [-0.05, 0) is 43.9 Å². The molecule has 1 aliphatic carbocycles. The molecular weight excluding hydrogens is 352 g/mol. The highest BCUT2D eigenvalue weighted by atomic mass is 32.2. The standard InChI is InChI=1S/C19H22N2O4S/c1-13-5-6-14(2)17(11-13)26(24,25)19(8-3-4-9-19)18(23)21-15-12-20-10-7-16(15)22/h5-7,10-12H,3-4,8-9H2,1-2H3,(H,20,22)(H,21,23). The van der Waals surface area contributed by atoms with Crippen molar-refractivity contribution in [1.82, 2.24) is 4.98 Å². The molecule has 26 heavy (non-hydrogen) atoms. The van der Waals surface area contributed by atoms with Crippen LogP contribution in [0.25, 0.3) is 0 Å². The number of carbonyl (C=O) groups is 1. The van der Waals surface area contributed by atoms with Crippen LogP contribution in [0, 0.1) is 13.8 Å². The first kappa shape index (κ1) is 18.4. The molecule has 1 aromatic carbocycles. The molecule has 1 fully saturated rings. The molecule has 1 amide bonds. The van der Waals surface area contributed by atoms with Crippen LogP contribution in [0.1, 0.15) is 36.8 Å². The average molecular weight is 374 g/mol. The molecule has 1 saturated carbocycles. The van der Waals surface area contributed by atoms with E-state index >= 15 is 0 Å². The number of pyridine rings is 1. The molecule has 0 radical (unpaired) electrons. The Morgan fingerprint density at radius 3 is 2.50 bits per heavy atom. The van der Waals surface area contributed by atoms with Crippen molar-refractivity contribution in [3.8, 4) is 0 Å². The van der Waals surface area contributed by atoms with Gasteiger partial charge in [-0.3, -0.25) is 9.59 Å². The van der Waals surface area contributed by atoms with Gasteiger partial charge in [0, 0.05) is 18.5 Å². The Balaban J connectivity index is 2.07. The van der Waals surface area contributed by atoms with Gasteiger partial charge >= 0.3 is 0 Å². The second kappa shape index (κ2) is 6.72. The van der Waals surface area contributed by atoms with Crippen LogP contribution in [0.2, 0.25) is 0 Å². The molecule has 7 heteroatoms. The lowest BCUT2D eigenvalue weighted by Crippen LogP contribution is -2.48. The predicted octanol–water partition coefficient (Wildman–Crippen LogP) is 2.72. The van der Waals surface area contributed by atoms with Crippen LogP contribution in [-0.2, 0) is 14.6 Å². The SMILES string of the molecule is Cc1ccc(C)c(S(=O)(=O)C2(C(=O)Nc3c[nH]ccc3=O)CCCC2)c1. The van der Waals surface area contributed by atoms with Crippen LogP contribution in [0.3, 0.4) is 0 Å². The van der Waals surface area contributed by atoms with Crippen LogP contribution < -0.4 is 10.7 Å². The van der Waals surface area contributed by atoms with Crippen molar-refractivity contribution in [3.63, 3.8) is 0 Å². The van der Waals surface area contributed by atoms with Crippen molar-refractivity contribution in [2.75, 3.05) is 5.32 Å². The summed E-state index contributed by atoms with van der Waals surface area (Å²) in [6.45, 7) is 3.55. The second-order valence-electron chi connectivity index (χ2n) is 6.85. The molecule has 0 saturated heterocycles. The van der Waals surface area contributed by atoms with Gasteiger partial charge in [-0.25, -0.2) is 8.42 Å². The van der Waals surface area contributed by atoms with E-state index in [0.717, 1.165) is 5.56 Å². The molecule has 0 atom stereocenters. The number of rotatable bonds is 4. The number of nitrogens with one attached hydrogen (secondary N) is 2. The Kier molecular flexibility index (Phi) is 4.75. The van der Waals surface area contributed by atoms with E-state index in [0.29, 0.717) is 18.4 Å². The molecule has 138 valence electrons. The molecule has 1 aliphatic rings. The molecule has 0 bridgehead atoms. The van der Waals surface area contributed by atoms with Crippen LogP contribution in [0.15, 0.2) is 46.3 Å². The summed E-state index contributed by atoms with van der Waals surface area (Å²) in [7, 11) is -3.91. The lowest BCUT2D eigenvalue weighted by Gasteiger charge is -2.28. The molecule has 2 aromatic rings. The van der Waals surface area contributed by atoms with Crippen LogP contribution in [0.5, 0.6) is 0 Å². The van der Waals surface area contributed by atoms with E-state index in [1.54, 1.807) is 19.1 Å². The molecule has 3 rings (SSSR count). The fraction of sp³-hybridized carbons (Fsp3) is 0.368. The fourth-order valence-corrected chi connectivity index (χ4v) is 5.90. The molecule has 6 nitrogen and oxygen atoms in total. The summed E-state index contributed by atoms with van der Waals surface area (Å²) in [5, 5.41) is 2.54. The lowest BCUT2D eigenvalue weighted by molar-refractivity contribution is -0.118. The van der Waals surface area contributed by atoms with E-state index < -0.39 is 20.5 Å². The number of aryl methyl sites for hydroxylation is 2. The van der Waals surface area contributed by atoms with Gasteiger partial charge in [0.15, 0.2) is 14.6 Å². The summed E-state index contributed by atoms with van der Waals surface area (Å²) in [4.78, 5) is 27.9. The lowest BCUT2D eigenvalue weighted by atomic mass is 10.1. The van der Waals surface area contributed by atoms with E-state index in [9.17, 15) is 18.0 Å². The smallest absolute Gasteiger partial charge is 0.246 e. The highest BCUT2D eigenvalue weighted by Gasteiger charge is 2.53. The zero-order valence-corrected chi connectivity index (χ0v) is 15.7. The Bertz CT molecular complexity index is 1000. The molecule has 1 heterocycles. The van der Waals surface area contributed by atoms with Crippen molar-refractivity contribution in [2.45, 2.75) is 49.2 Å². The Morgan fingerprint density at radius 1 is 1.15 bits per heavy atom. The minimum Gasteiger partial charge on any atom is -0.366 e. The molecule has 0 spiro atoms. The first-order chi connectivity index (χ1) is 12.3. The maximum Gasteiger partial charge on any atom is 0.246 e. The minimum absolute atomic E-state index is 0.0555. The number of hydrogen-bond acceptors (Lipinski definition) is 4. The third kappa shape index (κ3) is 2.96. The van der Waals surface area contributed by atoms with Crippen molar-refractivity contribution in [2.24, 2.45) is 0 Å². The maximum atomic E-state index is 13.5. The Labute approximate surface area is 152 Å². The van der Waals surface area contributed by atoms with Gasteiger partial charge in [0.25, 0.3) is 0 Å². The summed E-state index contributed by atoms with van der Waals surface area (Å²) in [5.41, 5.74) is 1.13. The fourth-order valence-electron chi connectivity index (χ4n) is 3.52. The summed E-state index contributed by atoms with van der Waals surface area (Å²) in [5.74, 6) is -0.632. The first-order valence-electron chi connectivity index (χ1n) is 8.58. The molecule has 0 unspecified atom stereocenters. The van der Waals surface area contributed by atoms with Gasteiger partial charge in [-0.1, -0.05) is 25.0 Å². The van der Waals surface area contributed by atoms with Gasteiger partial charge in [-0.2, -0.15) is 0 Å². The quantitative estimate of drug-likeness (QED) is 0.860. The molecule has 2 N–H and O–H groups in total. The van der Waals surface area contributed by atoms with Gasteiger partial charge < -0.3 is 10.3 Å². The van der Waals surface area contributed by atoms with E-state index in [2.05, 4.69) is 10.3 Å². The number of carbonyl (C=O) groups excluding carboxylic acids is 1. The highest BCUT2D eigenvalue weighted by Crippen LogP contribution is 2.42. The topological polar surface area (TPSA) is 96.1 Å². The second-order valence-corrected chi connectivity index (χ2v) is 9.08. The Hall–Kier alpha value is -2.41. The van der Waals surface area contributed by atoms with E-state index in [1.807, 2.05) is 13.0 Å². The summed E-state index contributed by atoms with van der Waals surface area (Å²) in [6.07, 6.45) is 4.63. The van der Waals surface area contributed by atoms with Crippen LogP contribution in [0.4, 0.5) is 5.69 Å². The number of H-pyrrole nitrogens is 1. The van der Waals surface area contributed by atoms with Crippen LogP contribution >= 0.6 is 0 Å². The van der Waals surface area contributed by atoms with Crippen molar-refractivity contribution >= 4 is 21.4 Å². The van der Waals surface area contributed by atoms with E-state index in [1.165, 1.54) is 18.5 Å². The third-order valence-electron chi connectivity index (χ3n) is 5.04. The Morgan fingerprint density at radius 2 is 1.85 bits per heavy atom. The number of anilines is 1. The predicted molar refractivity (Wildman–Crippen MR) is 100.0 cm³/mol. The van der Waals surface area contributed by atoms with Crippen molar-refractivity contribution in [1.29, 1.82) is 0 Å². The van der Waals surface area contributed by atoms with Crippen molar-refractivity contribution < 1.29 is 13.2 Å². The highest BCUT2D eigenvalue weighted by molar-refractivity contribution is 7.93. The minimum atomic E-state index is -3.91. The molecule has 1 aromatic heterocycles. The molecular formula is C19H22N2O4S. The van der Waals surface area contributed by atoms with Gasteiger partial charge in [-0.15, -0.1) is 0 Å². The van der Waals surface area contributed by atoms with Gasteiger partial charge in [0.2, 0.25) is 11.3 Å². The third-order valence-corrected chi connectivity index (χ3v) is 7.69. The maximum absolute atomic E-state index is 13.5. The number of amides is 1. The van der Waals surface area contributed by atoms with Gasteiger partial charge in [0.05, 0.1) is 4.90 Å². The number of benzene rings is 1.